The summed E-state index contributed by atoms with van der Waals surface area (Å²) in [6.45, 7) is 7.49. The molecule has 7 rings (SSSR count). The summed E-state index contributed by atoms with van der Waals surface area (Å²) < 4.78 is 6.52. The molecule has 3 aliphatic carbocycles. The summed E-state index contributed by atoms with van der Waals surface area (Å²) in [4.78, 5) is 15.3. The molecule has 7 nitrogen and oxygen atoms in total. The predicted molar refractivity (Wildman–Crippen MR) is 151 cm³/mol. The standard InChI is InChI=1S/C33H40N2O5/c1-19-5-8-23(21(3)20(19)2)10-12-28(37)34(4)25-13-14-33(38)27-17-24-9-11-26(36)30-29(24)32(33,31(25)40-30)15-16-35(27,39)18-22-6-7-22/h5,8-12,22,25,27,31,38-39H,6-7,13-18H2,1-4H3/p+1/b12-10+/t25-,27-,31+,32+,33-,35?/m1/s1. The van der Waals surface area contributed by atoms with E-state index < -0.39 is 17.1 Å². The van der Waals surface area contributed by atoms with Crippen LogP contribution in [0.2, 0.25) is 0 Å². The maximum absolute atomic E-state index is 13.6. The van der Waals surface area contributed by atoms with E-state index in [1.807, 2.05) is 25.3 Å². The van der Waals surface area contributed by atoms with Crippen molar-refractivity contribution in [3.63, 3.8) is 0 Å². The molecule has 7 heteroatoms. The molecule has 1 saturated heterocycles. The molecule has 1 amide bonds. The number of ether oxygens (including phenoxy) is 1. The van der Waals surface area contributed by atoms with Gasteiger partial charge in [0.2, 0.25) is 5.91 Å². The van der Waals surface area contributed by atoms with Gasteiger partial charge in [0.1, 0.15) is 24.8 Å². The van der Waals surface area contributed by atoms with Crippen LogP contribution < -0.4 is 4.74 Å². The van der Waals surface area contributed by atoms with Crippen LogP contribution in [0.15, 0.2) is 30.3 Å². The Bertz CT molecular complexity index is 1450. The first-order valence-corrected chi connectivity index (χ1v) is 14.9. The average Bonchev–Trinajstić information content (AvgIpc) is 3.66. The smallest absolute Gasteiger partial charge is 0.246 e. The van der Waals surface area contributed by atoms with Gasteiger partial charge in [-0.15, -0.1) is 0 Å². The number of aryl methyl sites for hydroxylation is 1. The van der Waals surface area contributed by atoms with E-state index in [9.17, 15) is 20.2 Å². The molecule has 1 spiro atoms. The molecule has 40 heavy (non-hydrogen) atoms. The van der Waals surface area contributed by atoms with E-state index in [-0.39, 0.29) is 28.4 Å². The van der Waals surface area contributed by atoms with Crippen molar-refractivity contribution >= 4 is 12.0 Å². The summed E-state index contributed by atoms with van der Waals surface area (Å²) >= 11 is 0. The maximum Gasteiger partial charge on any atom is 0.246 e. The van der Waals surface area contributed by atoms with Gasteiger partial charge in [-0.1, -0.05) is 18.2 Å². The van der Waals surface area contributed by atoms with E-state index in [0.29, 0.717) is 50.4 Å². The number of hydrogen-bond donors (Lipinski definition) is 3. The van der Waals surface area contributed by atoms with Gasteiger partial charge in [0.05, 0.1) is 11.5 Å². The van der Waals surface area contributed by atoms with Crippen LogP contribution in [-0.4, -0.2) is 74.8 Å². The Kier molecular flexibility index (Phi) is 5.58. The molecule has 3 fully saturated rings. The molecule has 2 bridgehead atoms. The van der Waals surface area contributed by atoms with Gasteiger partial charge < -0.3 is 19.8 Å². The van der Waals surface area contributed by atoms with Crippen molar-refractivity contribution < 1.29 is 29.6 Å². The quantitative estimate of drug-likeness (QED) is 0.385. The number of amides is 1. The van der Waals surface area contributed by atoms with Gasteiger partial charge in [-0.2, -0.15) is 4.65 Å². The Morgan fingerprint density at radius 2 is 1.90 bits per heavy atom. The lowest BCUT2D eigenvalue weighted by molar-refractivity contribution is -1.13. The van der Waals surface area contributed by atoms with Crippen molar-refractivity contribution in [1.29, 1.82) is 0 Å². The minimum Gasteiger partial charge on any atom is -0.504 e. The van der Waals surface area contributed by atoms with Gasteiger partial charge in [0, 0.05) is 37.4 Å². The molecule has 2 aromatic rings. The lowest BCUT2D eigenvalue weighted by atomic mass is 9.48. The number of phenolic OH excluding ortho intramolecular Hbond substituents is 1. The summed E-state index contributed by atoms with van der Waals surface area (Å²) in [5.41, 5.74) is 4.63. The number of quaternary nitrogens is 1. The Morgan fingerprint density at radius 1 is 1.12 bits per heavy atom. The van der Waals surface area contributed by atoms with Crippen LogP contribution in [0.1, 0.15) is 65.5 Å². The SMILES string of the molecule is Cc1ccc(/C=C/C(=O)N(C)[C@@H]2CC[C@@]3(O)[C@H]4Cc5ccc(O)c6c5[C@@]3(CC[N+]4(O)CC3CC3)[C@H]2O6)c(C)c1C. The van der Waals surface area contributed by atoms with Crippen LogP contribution in [-0.2, 0) is 16.6 Å². The van der Waals surface area contributed by atoms with Gasteiger partial charge in [0.25, 0.3) is 0 Å². The molecule has 0 aromatic heterocycles. The minimum absolute atomic E-state index is 0.0782. The van der Waals surface area contributed by atoms with E-state index >= 15 is 0 Å². The van der Waals surface area contributed by atoms with E-state index in [0.717, 1.165) is 35.1 Å². The van der Waals surface area contributed by atoms with E-state index in [4.69, 9.17) is 4.74 Å². The second-order valence-electron chi connectivity index (χ2n) is 13.3. The topological polar surface area (TPSA) is 90.2 Å². The summed E-state index contributed by atoms with van der Waals surface area (Å²) in [6, 6.07) is 7.11. The zero-order chi connectivity index (χ0) is 28.2. The highest BCUT2D eigenvalue weighted by Gasteiger charge is 2.77. The number of benzene rings is 2. The summed E-state index contributed by atoms with van der Waals surface area (Å²) in [6.07, 6.45) is 7.44. The third kappa shape index (κ3) is 3.37. The zero-order valence-electron chi connectivity index (χ0n) is 24.0. The first kappa shape index (κ1) is 26.1. The highest BCUT2D eigenvalue weighted by molar-refractivity contribution is 5.92. The Balaban J connectivity index is 1.25. The van der Waals surface area contributed by atoms with Gasteiger partial charge in [-0.05, 0) is 86.4 Å². The first-order chi connectivity index (χ1) is 19.0. The average molecular weight is 546 g/mol. The van der Waals surface area contributed by atoms with Gasteiger partial charge in [-0.3, -0.25) is 4.79 Å². The Hall–Kier alpha value is -2.87. The molecule has 2 saturated carbocycles. The number of carbonyl (C=O) groups excluding carboxylic acids is 1. The normalized spacial score (nSPS) is 35.4. The van der Waals surface area contributed by atoms with Crippen molar-refractivity contribution in [2.45, 2.75) is 88.5 Å². The summed E-state index contributed by atoms with van der Waals surface area (Å²) in [5.74, 6) is 0.934. The van der Waals surface area contributed by atoms with Crippen molar-refractivity contribution in [2.24, 2.45) is 5.92 Å². The number of nitrogens with zero attached hydrogens (tertiary/aromatic N) is 2. The summed E-state index contributed by atoms with van der Waals surface area (Å²) in [5, 5.41) is 35.6. The highest BCUT2D eigenvalue weighted by Crippen LogP contribution is 2.66. The monoisotopic (exact) mass is 545 g/mol. The number of aliphatic hydroxyl groups is 1. The zero-order valence-corrected chi connectivity index (χ0v) is 24.0. The van der Waals surface area contributed by atoms with E-state index in [1.165, 1.54) is 11.1 Å². The van der Waals surface area contributed by atoms with Gasteiger partial charge >= 0.3 is 0 Å². The van der Waals surface area contributed by atoms with Crippen molar-refractivity contribution in [1.82, 2.24) is 4.90 Å². The fraction of sp³-hybridized carbons (Fsp3) is 0.545. The predicted octanol–water partition coefficient (Wildman–Crippen LogP) is 4.33. The molecule has 3 N–H and O–H groups in total. The van der Waals surface area contributed by atoms with Crippen LogP contribution in [0.4, 0.5) is 0 Å². The Labute approximate surface area is 236 Å². The van der Waals surface area contributed by atoms with Crippen molar-refractivity contribution in [2.75, 3.05) is 20.1 Å². The number of hydroxylamine groups is 3. The number of likely N-dealkylation sites (tertiary alicyclic amines) is 1. The highest BCUT2D eigenvalue weighted by atomic mass is 16.6. The fourth-order valence-electron chi connectivity index (χ4n) is 8.75. The lowest BCUT2D eigenvalue weighted by Gasteiger charge is -2.64. The molecule has 1 unspecified atom stereocenters. The number of piperidine rings is 1. The largest absolute Gasteiger partial charge is 0.504 e. The number of aromatic hydroxyl groups is 1. The molecule has 5 aliphatic rings. The summed E-state index contributed by atoms with van der Waals surface area (Å²) in [7, 11) is 1.82. The number of carbonyl (C=O) groups is 1. The van der Waals surface area contributed by atoms with Crippen LogP contribution in [0, 0.1) is 26.7 Å². The van der Waals surface area contributed by atoms with Crippen LogP contribution in [0.5, 0.6) is 11.5 Å². The molecule has 2 aliphatic heterocycles. The van der Waals surface area contributed by atoms with E-state index in [1.54, 1.807) is 17.0 Å². The van der Waals surface area contributed by atoms with Crippen molar-refractivity contribution in [3.05, 3.63) is 63.7 Å². The molecule has 6 atom stereocenters. The first-order valence-electron chi connectivity index (χ1n) is 14.9. The number of likely N-dealkylation sites (N-methyl/N-ethyl adjacent to an activating group) is 1. The number of phenols is 1. The number of rotatable bonds is 5. The molecule has 212 valence electrons. The third-order valence-corrected chi connectivity index (χ3v) is 11.4. The third-order valence-electron chi connectivity index (χ3n) is 11.4. The minimum atomic E-state index is -1.18. The van der Waals surface area contributed by atoms with Crippen molar-refractivity contribution in [3.8, 4) is 11.5 Å². The Morgan fingerprint density at radius 3 is 2.65 bits per heavy atom. The molecule has 0 radical (unpaired) electrons. The van der Waals surface area contributed by atoms with E-state index in [2.05, 4.69) is 26.8 Å². The van der Waals surface area contributed by atoms with Gasteiger partial charge in [0.15, 0.2) is 17.5 Å². The molecular formula is C33H41N2O5+. The van der Waals surface area contributed by atoms with Crippen LogP contribution in [0.25, 0.3) is 6.08 Å². The molecular weight excluding hydrogens is 504 g/mol. The fourth-order valence-corrected chi connectivity index (χ4v) is 8.75. The van der Waals surface area contributed by atoms with Crippen LogP contribution >= 0.6 is 0 Å². The number of hydrogen-bond acceptors (Lipinski definition) is 5. The molecule has 2 heterocycles. The van der Waals surface area contributed by atoms with Crippen LogP contribution in [0.3, 0.4) is 0 Å². The second-order valence-corrected chi connectivity index (χ2v) is 13.3. The lowest BCUT2D eigenvalue weighted by Crippen LogP contribution is -2.82. The van der Waals surface area contributed by atoms with Gasteiger partial charge in [-0.25, -0.2) is 5.21 Å². The second kappa shape index (κ2) is 8.57. The maximum atomic E-state index is 13.6. The molecule has 2 aromatic carbocycles.